The zero-order valence-electron chi connectivity index (χ0n) is 6.32. The molecular weight excluding hydrogens is 134 g/mol. The molecule has 0 saturated heterocycles. The van der Waals surface area contributed by atoms with E-state index in [4.69, 9.17) is 0 Å². The minimum absolute atomic E-state index is 0.295. The lowest BCUT2D eigenvalue weighted by Crippen LogP contribution is -2.26. The van der Waals surface area contributed by atoms with Gasteiger partial charge in [0.05, 0.1) is 6.67 Å². The molecule has 0 bridgehead atoms. The summed E-state index contributed by atoms with van der Waals surface area (Å²) in [5.74, 6) is 0.161. The van der Waals surface area contributed by atoms with Crippen molar-refractivity contribution >= 4 is 0 Å². The van der Waals surface area contributed by atoms with Crippen LogP contribution in [0.25, 0.3) is 0 Å². The molecule has 1 rings (SSSR count). The molecule has 0 aliphatic heterocycles. The van der Waals surface area contributed by atoms with Crippen molar-refractivity contribution in [3.8, 4) is 0 Å². The third-order valence-electron chi connectivity index (χ3n) is 2.37. The lowest BCUT2D eigenvalue weighted by Gasteiger charge is -2.27. The molecule has 3 atom stereocenters. The van der Waals surface area contributed by atoms with Crippen LogP contribution in [0.5, 0.6) is 0 Å². The van der Waals surface area contributed by atoms with Crippen LogP contribution in [-0.4, -0.2) is 12.8 Å². The standard InChI is InChI=1S/C8H14F2/c1-6-2-3-7(5-9)8(10)4-6/h6-8H,2-5H2,1H3. The Morgan fingerprint density at radius 1 is 1.40 bits per heavy atom. The summed E-state index contributed by atoms with van der Waals surface area (Å²) in [6.07, 6.45) is 1.41. The molecule has 0 spiro atoms. The first-order chi connectivity index (χ1) is 4.74. The van der Waals surface area contributed by atoms with E-state index in [0.29, 0.717) is 12.3 Å². The highest BCUT2D eigenvalue weighted by Crippen LogP contribution is 2.30. The first-order valence-corrected chi connectivity index (χ1v) is 3.94. The van der Waals surface area contributed by atoms with Gasteiger partial charge in [-0.2, -0.15) is 0 Å². The average molecular weight is 148 g/mol. The third-order valence-corrected chi connectivity index (χ3v) is 2.37. The van der Waals surface area contributed by atoms with Gasteiger partial charge in [0.1, 0.15) is 6.17 Å². The van der Waals surface area contributed by atoms with Gasteiger partial charge in [0.25, 0.3) is 0 Å². The number of hydrogen-bond donors (Lipinski definition) is 0. The minimum Gasteiger partial charge on any atom is -0.251 e. The van der Waals surface area contributed by atoms with Gasteiger partial charge in [-0.05, 0) is 18.8 Å². The maximum atomic E-state index is 12.9. The largest absolute Gasteiger partial charge is 0.251 e. The van der Waals surface area contributed by atoms with Gasteiger partial charge in [-0.25, -0.2) is 4.39 Å². The highest BCUT2D eigenvalue weighted by Gasteiger charge is 2.27. The number of halogens is 2. The summed E-state index contributed by atoms with van der Waals surface area (Å²) < 4.78 is 24.9. The SMILES string of the molecule is CC1CCC(CF)C(F)C1. The molecular formula is C8H14F2. The van der Waals surface area contributed by atoms with Crippen LogP contribution in [0.15, 0.2) is 0 Å². The first-order valence-electron chi connectivity index (χ1n) is 3.94. The van der Waals surface area contributed by atoms with Crippen molar-refractivity contribution in [2.45, 2.75) is 32.4 Å². The van der Waals surface area contributed by atoms with E-state index in [2.05, 4.69) is 0 Å². The fourth-order valence-corrected chi connectivity index (χ4v) is 1.55. The van der Waals surface area contributed by atoms with E-state index >= 15 is 0 Å². The van der Waals surface area contributed by atoms with Gasteiger partial charge < -0.3 is 0 Å². The van der Waals surface area contributed by atoms with E-state index in [1.54, 1.807) is 0 Å². The molecule has 1 aliphatic carbocycles. The average Bonchev–Trinajstić information content (AvgIpc) is 1.88. The molecule has 0 amide bonds. The van der Waals surface area contributed by atoms with Crippen molar-refractivity contribution in [2.24, 2.45) is 11.8 Å². The Kier molecular flexibility index (Phi) is 2.64. The van der Waals surface area contributed by atoms with Crippen LogP contribution in [0.2, 0.25) is 0 Å². The molecule has 0 aromatic rings. The molecule has 60 valence electrons. The predicted octanol–water partition coefficient (Wildman–Crippen LogP) is 2.73. The lowest BCUT2D eigenvalue weighted by molar-refractivity contribution is 0.111. The Balaban J connectivity index is 2.36. The number of hydrogen-bond acceptors (Lipinski definition) is 0. The van der Waals surface area contributed by atoms with Crippen molar-refractivity contribution in [2.75, 3.05) is 6.67 Å². The summed E-state index contributed by atoms with van der Waals surface area (Å²) in [7, 11) is 0. The summed E-state index contributed by atoms with van der Waals surface area (Å²) in [4.78, 5) is 0. The highest BCUT2D eigenvalue weighted by atomic mass is 19.1. The van der Waals surface area contributed by atoms with Crippen molar-refractivity contribution in [3.63, 3.8) is 0 Å². The third kappa shape index (κ3) is 1.68. The second-order valence-electron chi connectivity index (χ2n) is 3.35. The van der Waals surface area contributed by atoms with Gasteiger partial charge in [0, 0.05) is 5.92 Å². The van der Waals surface area contributed by atoms with E-state index in [-0.39, 0.29) is 5.92 Å². The van der Waals surface area contributed by atoms with Crippen LogP contribution >= 0.6 is 0 Å². The summed E-state index contributed by atoms with van der Waals surface area (Å²) in [5.41, 5.74) is 0. The summed E-state index contributed by atoms with van der Waals surface area (Å²) in [5, 5.41) is 0. The van der Waals surface area contributed by atoms with Gasteiger partial charge in [-0.3, -0.25) is 4.39 Å². The Morgan fingerprint density at radius 2 is 2.10 bits per heavy atom. The smallest absolute Gasteiger partial charge is 0.106 e. The van der Waals surface area contributed by atoms with Crippen LogP contribution in [0.1, 0.15) is 26.2 Å². The molecule has 1 saturated carbocycles. The maximum Gasteiger partial charge on any atom is 0.106 e. The maximum absolute atomic E-state index is 12.9. The second-order valence-corrected chi connectivity index (χ2v) is 3.35. The summed E-state index contributed by atoms with van der Waals surface area (Å²) >= 11 is 0. The van der Waals surface area contributed by atoms with Crippen molar-refractivity contribution in [3.05, 3.63) is 0 Å². The topological polar surface area (TPSA) is 0 Å². The first kappa shape index (κ1) is 7.96. The minimum atomic E-state index is -0.881. The van der Waals surface area contributed by atoms with Crippen molar-refractivity contribution in [1.82, 2.24) is 0 Å². The van der Waals surface area contributed by atoms with E-state index in [0.717, 1.165) is 12.8 Å². The molecule has 10 heavy (non-hydrogen) atoms. The zero-order chi connectivity index (χ0) is 7.56. The van der Waals surface area contributed by atoms with E-state index in [9.17, 15) is 8.78 Å². The van der Waals surface area contributed by atoms with Crippen molar-refractivity contribution < 1.29 is 8.78 Å². The van der Waals surface area contributed by atoms with Gasteiger partial charge >= 0.3 is 0 Å². The number of alkyl halides is 2. The molecule has 0 radical (unpaired) electrons. The van der Waals surface area contributed by atoms with Gasteiger partial charge in [-0.15, -0.1) is 0 Å². The summed E-state index contributed by atoms with van der Waals surface area (Å²) in [6.45, 7) is 1.55. The molecule has 0 aromatic carbocycles. The van der Waals surface area contributed by atoms with Gasteiger partial charge in [0.15, 0.2) is 0 Å². The van der Waals surface area contributed by atoms with Crippen LogP contribution in [0, 0.1) is 11.8 Å². The highest BCUT2D eigenvalue weighted by molar-refractivity contribution is 4.77. The molecule has 1 fully saturated rings. The van der Waals surface area contributed by atoms with Crippen LogP contribution in [0.3, 0.4) is 0 Å². The molecule has 3 unspecified atom stereocenters. The Hall–Kier alpha value is -0.140. The summed E-state index contributed by atoms with van der Waals surface area (Å²) in [6, 6.07) is 0. The van der Waals surface area contributed by atoms with Crippen LogP contribution in [0.4, 0.5) is 8.78 Å². The van der Waals surface area contributed by atoms with Crippen molar-refractivity contribution in [1.29, 1.82) is 0 Å². The normalized spacial score (nSPS) is 41.7. The zero-order valence-corrected chi connectivity index (χ0v) is 6.32. The molecule has 1 aliphatic rings. The number of rotatable bonds is 1. The monoisotopic (exact) mass is 148 g/mol. The Labute approximate surface area is 60.6 Å². The molecule has 0 nitrogen and oxygen atoms in total. The van der Waals surface area contributed by atoms with E-state index < -0.39 is 12.8 Å². The molecule has 0 aromatic heterocycles. The molecule has 2 heteroatoms. The lowest BCUT2D eigenvalue weighted by atomic mass is 9.82. The quantitative estimate of drug-likeness (QED) is 0.536. The fourth-order valence-electron chi connectivity index (χ4n) is 1.55. The van der Waals surface area contributed by atoms with Gasteiger partial charge in [-0.1, -0.05) is 13.3 Å². The molecule has 0 heterocycles. The van der Waals surface area contributed by atoms with Crippen LogP contribution < -0.4 is 0 Å². The van der Waals surface area contributed by atoms with Gasteiger partial charge in [0.2, 0.25) is 0 Å². The Morgan fingerprint density at radius 3 is 2.60 bits per heavy atom. The van der Waals surface area contributed by atoms with E-state index in [1.165, 1.54) is 0 Å². The van der Waals surface area contributed by atoms with E-state index in [1.807, 2.05) is 6.92 Å². The fraction of sp³-hybridized carbons (Fsp3) is 1.00. The molecule has 0 N–H and O–H groups in total. The Bertz CT molecular complexity index is 103. The van der Waals surface area contributed by atoms with Crippen LogP contribution in [-0.2, 0) is 0 Å². The predicted molar refractivity (Wildman–Crippen MR) is 37.4 cm³/mol. The second kappa shape index (κ2) is 3.31.